The van der Waals surface area contributed by atoms with Gasteiger partial charge in [-0.15, -0.1) is 0 Å². The molecule has 0 saturated heterocycles. The molecule has 5 nitrogen and oxygen atoms in total. The lowest BCUT2D eigenvalue weighted by Crippen LogP contribution is -2.37. The molecule has 4 aromatic rings. The smallest absolute Gasteiger partial charge is 0.254 e. The molecule has 1 N–H and O–H groups in total. The lowest BCUT2D eigenvalue weighted by atomic mass is 9.87. The lowest BCUT2D eigenvalue weighted by Gasteiger charge is -2.32. The Morgan fingerprint density at radius 3 is 2.46 bits per heavy atom. The third-order valence-corrected chi connectivity index (χ3v) is 8.09. The summed E-state index contributed by atoms with van der Waals surface area (Å²) in [5.41, 5.74) is 6.13. The van der Waals surface area contributed by atoms with Gasteiger partial charge in [-0.05, 0) is 76.4 Å². The molecule has 2 amide bonds. The fourth-order valence-corrected chi connectivity index (χ4v) is 5.87. The number of halogens is 2. The summed E-state index contributed by atoms with van der Waals surface area (Å²) in [6.45, 7) is 0.997. The van der Waals surface area contributed by atoms with Crippen LogP contribution in [-0.4, -0.2) is 30.4 Å². The maximum Gasteiger partial charge on any atom is 0.254 e. The van der Waals surface area contributed by atoms with Crippen LogP contribution in [0.4, 0.5) is 8.78 Å². The molecule has 1 fully saturated rings. The lowest BCUT2D eigenvalue weighted by molar-refractivity contribution is -0.122. The van der Waals surface area contributed by atoms with E-state index in [1.165, 1.54) is 5.56 Å². The number of carbonyl (C=O) groups is 2. The predicted octanol–water partition coefficient (Wildman–Crippen LogP) is 6.26. The maximum atomic E-state index is 13.9. The molecule has 4 aromatic carbocycles. The summed E-state index contributed by atoms with van der Waals surface area (Å²) >= 11 is 0. The van der Waals surface area contributed by atoms with Gasteiger partial charge >= 0.3 is 0 Å². The highest BCUT2D eigenvalue weighted by atomic mass is 19.1. The molecule has 0 spiro atoms. The van der Waals surface area contributed by atoms with Gasteiger partial charge in [0.25, 0.3) is 5.91 Å². The SMILES string of the molecule is COc1cccc(-c2ccc(CNC(=O)[C@H]3CC3c3ccccc3)c3c2CCN(C(=O)c2cc(F)cc(F)c2)C3)c1. The third kappa shape index (κ3) is 5.57. The topological polar surface area (TPSA) is 58.6 Å². The maximum absolute atomic E-state index is 13.9. The largest absolute Gasteiger partial charge is 0.497 e. The number of fused-ring (bicyclic) bond motifs is 1. The highest BCUT2D eigenvalue weighted by Gasteiger charge is 2.43. The van der Waals surface area contributed by atoms with E-state index in [4.69, 9.17) is 4.74 Å². The van der Waals surface area contributed by atoms with E-state index in [-0.39, 0.29) is 29.9 Å². The van der Waals surface area contributed by atoms with Crippen LogP contribution in [0.5, 0.6) is 5.75 Å². The average molecular weight is 553 g/mol. The molecule has 1 heterocycles. The van der Waals surface area contributed by atoms with Crippen LogP contribution in [0, 0.1) is 17.6 Å². The quantitative estimate of drug-likeness (QED) is 0.295. The van der Waals surface area contributed by atoms with E-state index in [2.05, 4.69) is 23.5 Å². The molecule has 1 aliphatic heterocycles. The summed E-state index contributed by atoms with van der Waals surface area (Å²) in [4.78, 5) is 28.0. The molecule has 1 saturated carbocycles. The van der Waals surface area contributed by atoms with Crippen LogP contribution in [-0.2, 0) is 24.3 Å². The zero-order valence-corrected chi connectivity index (χ0v) is 22.7. The number of methoxy groups -OCH3 is 1. The van der Waals surface area contributed by atoms with Crippen LogP contribution < -0.4 is 10.1 Å². The summed E-state index contributed by atoms with van der Waals surface area (Å²) in [5, 5.41) is 3.12. The second-order valence-corrected chi connectivity index (χ2v) is 10.7. The number of nitrogens with zero attached hydrogens (tertiary/aromatic N) is 1. The summed E-state index contributed by atoms with van der Waals surface area (Å²) < 4.78 is 33.2. The molecule has 7 heteroatoms. The Kier molecular flexibility index (Phi) is 7.26. The Morgan fingerprint density at radius 1 is 0.927 bits per heavy atom. The van der Waals surface area contributed by atoms with Crippen LogP contribution in [0.3, 0.4) is 0 Å². The van der Waals surface area contributed by atoms with Gasteiger partial charge in [-0.2, -0.15) is 0 Å². The van der Waals surface area contributed by atoms with E-state index in [0.29, 0.717) is 19.5 Å². The molecule has 0 bridgehead atoms. The van der Waals surface area contributed by atoms with Crippen molar-refractivity contribution >= 4 is 11.8 Å². The van der Waals surface area contributed by atoms with Crippen molar-refractivity contribution in [2.24, 2.45) is 5.92 Å². The zero-order valence-electron chi connectivity index (χ0n) is 22.7. The van der Waals surface area contributed by atoms with Crippen LogP contribution in [0.1, 0.15) is 45.0 Å². The first-order chi connectivity index (χ1) is 19.9. The van der Waals surface area contributed by atoms with Crippen molar-refractivity contribution in [3.8, 4) is 16.9 Å². The van der Waals surface area contributed by atoms with Crippen molar-refractivity contribution in [3.63, 3.8) is 0 Å². The molecule has 1 unspecified atom stereocenters. The Morgan fingerprint density at radius 2 is 1.71 bits per heavy atom. The normalized spacial score (nSPS) is 17.5. The molecule has 2 aliphatic rings. The van der Waals surface area contributed by atoms with Gasteiger partial charge in [0.15, 0.2) is 0 Å². The third-order valence-electron chi connectivity index (χ3n) is 8.09. The van der Waals surface area contributed by atoms with Gasteiger partial charge in [0, 0.05) is 37.2 Å². The molecule has 208 valence electrons. The molecule has 41 heavy (non-hydrogen) atoms. The minimum Gasteiger partial charge on any atom is -0.497 e. The Bertz CT molecular complexity index is 1600. The van der Waals surface area contributed by atoms with E-state index in [1.807, 2.05) is 48.5 Å². The van der Waals surface area contributed by atoms with Crippen molar-refractivity contribution in [1.82, 2.24) is 10.2 Å². The molecular formula is C34H30F2N2O3. The number of rotatable bonds is 7. The van der Waals surface area contributed by atoms with Crippen molar-refractivity contribution in [3.05, 3.63) is 124 Å². The second-order valence-electron chi connectivity index (χ2n) is 10.7. The monoisotopic (exact) mass is 552 g/mol. The van der Waals surface area contributed by atoms with Gasteiger partial charge in [-0.25, -0.2) is 8.78 Å². The van der Waals surface area contributed by atoms with Crippen LogP contribution in [0.25, 0.3) is 11.1 Å². The molecule has 2 atom stereocenters. The first-order valence-electron chi connectivity index (χ1n) is 13.8. The molecule has 0 radical (unpaired) electrons. The highest BCUT2D eigenvalue weighted by Crippen LogP contribution is 2.47. The molecule has 0 aromatic heterocycles. The highest BCUT2D eigenvalue weighted by molar-refractivity contribution is 5.94. The zero-order chi connectivity index (χ0) is 28.5. The number of carbonyl (C=O) groups excluding carboxylic acids is 2. The van der Waals surface area contributed by atoms with Gasteiger partial charge in [0.05, 0.1) is 7.11 Å². The van der Waals surface area contributed by atoms with Crippen molar-refractivity contribution in [1.29, 1.82) is 0 Å². The van der Waals surface area contributed by atoms with Crippen LogP contribution in [0.2, 0.25) is 0 Å². The summed E-state index contributed by atoms with van der Waals surface area (Å²) in [6, 6.07) is 24.8. The molecular weight excluding hydrogens is 522 g/mol. The summed E-state index contributed by atoms with van der Waals surface area (Å²) in [6.07, 6.45) is 1.39. The second kappa shape index (κ2) is 11.2. The first kappa shape index (κ1) is 26.7. The number of nitrogens with one attached hydrogen (secondary N) is 1. The standard InChI is InChI=1S/C34H30F2N2O3/c1-41-27-9-5-8-22(16-27)28-11-10-23(19-37-33(39)31-18-30(31)21-6-3-2-4-7-21)32-20-38(13-12-29(28)32)34(40)24-14-25(35)17-26(36)15-24/h2-11,14-17,30-31H,12-13,18-20H2,1H3,(H,37,39)/t30?,31-/m0/s1. The van der Waals surface area contributed by atoms with Gasteiger partial charge < -0.3 is 15.0 Å². The van der Waals surface area contributed by atoms with Crippen molar-refractivity contribution in [2.75, 3.05) is 13.7 Å². The number of amides is 2. The van der Waals surface area contributed by atoms with Crippen LogP contribution >= 0.6 is 0 Å². The van der Waals surface area contributed by atoms with Crippen molar-refractivity contribution in [2.45, 2.75) is 31.8 Å². The molecule has 1 aliphatic carbocycles. The summed E-state index contributed by atoms with van der Waals surface area (Å²) in [7, 11) is 1.63. The van der Waals surface area contributed by atoms with E-state index in [0.717, 1.165) is 58.2 Å². The Hall–Kier alpha value is -4.52. The van der Waals surface area contributed by atoms with E-state index in [9.17, 15) is 18.4 Å². The van der Waals surface area contributed by atoms with Gasteiger partial charge in [0.1, 0.15) is 17.4 Å². The predicted molar refractivity (Wildman–Crippen MR) is 152 cm³/mol. The van der Waals surface area contributed by atoms with Gasteiger partial charge in [-0.1, -0.05) is 54.6 Å². The Labute approximate surface area is 237 Å². The minimum atomic E-state index is -0.789. The Balaban J connectivity index is 1.27. The van der Waals surface area contributed by atoms with E-state index >= 15 is 0 Å². The number of hydrogen-bond acceptors (Lipinski definition) is 3. The number of benzene rings is 4. The minimum absolute atomic E-state index is 0.0171. The molecule has 6 rings (SSSR count). The van der Waals surface area contributed by atoms with E-state index < -0.39 is 17.5 Å². The van der Waals surface area contributed by atoms with E-state index in [1.54, 1.807) is 12.0 Å². The summed E-state index contributed by atoms with van der Waals surface area (Å²) in [5.74, 6) is -1.06. The average Bonchev–Trinajstić information content (AvgIpc) is 3.80. The van der Waals surface area contributed by atoms with Gasteiger partial charge in [0.2, 0.25) is 5.91 Å². The van der Waals surface area contributed by atoms with Crippen LogP contribution in [0.15, 0.2) is 84.9 Å². The fourth-order valence-electron chi connectivity index (χ4n) is 5.87. The first-order valence-corrected chi connectivity index (χ1v) is 13.8. The fraction of sp³-hybridized carbons (Fsp3) is 0.235. The van der Waals surface area contributed by atoms with Gasteiger partial charge in [-0.3, -0.25) is 9.59 Å². The number of ether oxygens (including phenoxy) is 1. The van der Waals surface area contributed by atoms with Crippen molar-refractivity contribution < 1.29 is 23.1 Å². The number of hydrogen-bond donors (Lipinski definition) is 1.